The van der Waals surface area contributed by atoms with E-state index in [0.29, 0.717) is 0 Å². The van der Waals surface area contributed by atoms with Crippen LogP contribution in [-0.4, -0.2) is 10.1 Å². The van der Waals surface area contributed by atoms with E-state index >= 15 is 0 Å². The number of benzene rings is 1. The summed E-state index contributed by atoms with van der Waals surface area (Å²) in [5.41, 5.74) is 2.14. The molecule has 0 radical (unpaired) electrons. The van der Waals surface area contributed by atoms with Crippen molar-refractivity contribution in [3.05, 3.63) is 65.5 Å². The van der Waals surface area contributed by atoms with Gasteiger partial charge in [0.05, 0.1) is 0 Å². The Bertz CT molecular complexity index is 577. The summed E-state index contributed by atoms with van der Waals surface area (Å²) in [5, 5.41) is 11.3. The Hall–Kier alpha value is -1.67. The summed E-state index contributed by atoms with van der Waals surface area (Å²) in [6.45, 7) is 2.06. The topological polar surface area (TPSA) is 33.1 Å². The molecule has 1 aromatic carbocycles. The third-order valence-electron chi connectivity index (χ3n) is 4.25. The minimum atomic E-state index is -0.914. The van der Waals surface area contributed by atoms with Crippen LogP contribution in [0.1, 0.15) is 42.4 Å². The molecule has 0 saturated heterocycles. The molecule has 1 N–H and O–H groups in total. The van der Waals surface area contributed by atoms with Gasteiger partial charge in [0, 0.05) is 18.0 Å². The fourth-order valence-electron chi connectivity index (χ4n) is 2.78. The zero-order chi connectivity index (χ0) is 14.0. The van der Waals surface area contributed by atoms with Gasteiger partial charge in [-0.05, 0) is 37.3 Å². The molecule has 0 aliphatic heterocycles. The molecule has 1 fully saturated rings. The van der Waals surface area contributed by atoms with Crippen LogP contribution in [0.5, 0.6) is 0 Å². The summed E-state index contributed by atoms with van der Waals surface area (Å²) < 4.78 is 0. The number of hydrogen-bond donors (Lipinski definition) is 1. The normalized spacial score (nSPS) is 17.7. The lowest BCUT2D eigenvalue weighted by Gasteiger charge is -2.29. The molecule has 2 aromatic rings. The molecule has 1 aromatic heterocycles. The smallest absolute Gasteiger partial charge is 0.116 e. The molecule has 0 spiro atoms. The molecule has 2 heteroatoms. The predicted molar refractivity (Wildman–Crippen MR) is 80.4 cm³/mol. The third kappa shape index (κ3) is 2.75. The second-order valence-corrected chi connectivity index (χ2v) is 5.95. The van der Waals surface area contributed by atoms with Crippen molar-refractivity contribution < 1.29 is 5.11 Å². The van der Waals surface area contributed by atoms with Gasteiger partial charge in [-0.3, -0.25) is 4.98 Å². The van der Waals surface area contributed by atoms with Crippen molar-refractivity contribution in [2.45, 2.75) is 38.2 Å². The molecule has 2 nitrogen and oxygen atoms in total. The summed E-state index contributed by atoms with van der Waals surface area (Å²) in [6, 6.07) is 12.1. The van der Waals surface area contributed by atoms with E-state index in [2.05, 4.69) is 24.0 Å². The van der Waals surface area contributed by atoms with Crippen LogP contribution in [0.4, 0.5) is 0 Å². The van der Waals surface area contributed by atoms with E-state index in [-0.39, 0.29) is 0 Å². The maximum atomic E-state index is 11.3. The van der Waals surface area contributed by atoms with Crippen molar-refractivity contribution >= 4 is 0 Å². The van der Waals surface area contributed by atoms with E-state index in [9.17, 15) is 5.11 Å². The lowest BCUT2D eigenvalue weighted by atomic mass is 9.82. The van der Waals surface area contributed by atoms with Gasteiger partial charge < -0.3 is 5.11 Å². The van der Waals surface area contributed by atoms with Crippen LogP contribution >= 0.6 is 0 Å². The summed E-state index contributed by atoms with van der Waals surface area (Å²) in [6.07, 6.45) is 8.02. The summed E-state index contributed by atoms with van der Waals surface area (Å²) in [4.78, 5) is 4.18. The van der Waals surface area contributed by atoms with E-state index in [4.69, 9.17) is 0 Å². The van der Waals surface area contributed by atoms with Crippen LogP contribution in [0.25, 0.3) is 0 Å². The van der Waals surface area contributed by atoms with E-state index in [1.807, 2.05) is 24.3 Å². The van der Waals surface area contributed by atoms with Crippen LogP contribution in [0, 0.1) is 12.8 Å². The quantitative estimate of drug-likeness (QED) is 0.893. The van der Waals surface area contributed by atoms with Gasteiger partial charge in [0.15, 0.2) is 0 Å². The molecule has 1 heterocycles. The highest BCUT2D eigenvalue weighted by atomic mass is 16.3. The molecule has 1 saturated carbocycles. The Kier molecular flexibility index (Phi) is 3.58. The molecule has 1 atom stereocenters. The van der Waals surface area contributed by atoms with Crippen molar-refractivity contribution in [3.63, 3.8) is 0 Å². The van der Waals surface area contributed by atoms with Gasteiger partial charge in [-0.15, -0.1) is 0 Å². The summed E-state index contributed by atoms with van der Waals surface area (Å²) in [5.74, 6) is 0.808. The molecule has 3 rings (SSSR count). The average molecular weight is 267 g/mol. The number of rotatable bonds is 5. The Balaban J connectivity index is 1.97. The first-order valence-corrected chi connectivity index (χ1v) is 7.38. The van der Waals surface area contributed by atoms with Gasteiger partial charge in [0.2, 0.25) is 0 Å². The molecule has 0 bridgehead atoms. The third-order valence-corrected chi connectivity index (χ3v) is 4.25. The van der Waals surface area contributed by atoms with Gasteiger partial charge >= 0.3 is 0 Å². The highest BCUT2D eigenvalue weighted by Gasteiger charge is 2.34. The van der Waals surface area contributed by atoms with Gasteiger partial charge in [-0.25, -0.2) is 0 Å². The standard InChI is InChI=1S/C18H21NO/c1-14-4-2-5-16(12-14)18(20,10-9-15-7-8-15)17-6-3-11-19-13-17/h2-6,11-13,15,20H,7-10H2,1H3. The first-order valence-electron chi connectivity index (χ1n) is 7.38. The van der Waals surface area contributed by atoms with Crippen molar-refractivity contribution in [2.24, 2.45) is 5.92 Å². The van der Waals surface area contributed by atoms with Crippen LogP contribution in [0.2, 0.25) is 0 Å². The first kappa shape index (κ1) is 13.3. The molecular formula is C18H21NO. The Labute approximate surface area is 120 Å². The summed E-state index contributed by atoms with van der Waals surface area (Å²) >= 11 is 0. The average Bonchev–Trinajstić information content (AvgIpc) is 3.30. The van der Waals surface area contributed by atoms with E-state index in [1.54, 1.807) is 12.4 Å². The Morgan fingerprint density at radius 1 is 1.20 bits per heavy atom. The maximum Gasteiger partial charge on any atom is 0.116 e. The minimum absolute atomic E-state index is 0.771. The van der Waals surface area contributed by atoms with Crippen molar-refractivity contribution in [2.75, 3.05) is 0 Å². The SMILES string of the molecule is Cc1cccc(C(O)(CCC2CC2)c2cccnc2)c1. The van der Waals surface area contributed by atoms with Gasteiger partial charge in [-0.2, -0.15) is 0 Å². The Morgan fingerprint density at radius 2 is 2.00 bits per heavy atom. The van der Waals surface area contributed by atoms with Crippen LogP contribution in [0.3, 0.4) is 0 Å². The highest BCUT2D eigenvalue weighted by Crippen LogP contribution is 2.40. The molecule has 20 heavy (non-hydrogen) atoms. The molecular weight excluding hydrogens is 246 g/mol. The Morgan fingerprint density at radius 3 is 2.65 bits per heavy atom. The second-order valence-electron chi connectivity index (χ2n) is 5.95. The van der Waals surface area contributed by atoms with Crippen LogP contribution in [0.15, 0.2) is 48.8 Å². The number of aliphatic hydroxyl groups is 1. The lowest BCUT2D eigenvalue weighted by Crippen LogP contribution is -2.27. The minimum Gasteiger partial charge on any atom is -0.380 e. The monoisotopic (exact) mass is 267 g/mol. The van der Waals surface area contributed by atoms with Gasteiger partial charge in [-0.1, -0.05) is 48.7 Å². The van der Waals surface area contributed by atoms with E-state index in [1.165, 1.54) is 18.4 Å². The van der Waals surface area contributed by atoms with Crippen molar-refractivity contribution in [1.29, 1.82) is 0 Å². The number of hydrogen-bond acceptors (Lipinski definition) is 2. The molecule has 1 aliphatic rings. The first-order chi connectivity index (χ1) is 9.68. The molecule has 0 amide bonds. The number of pyridine rings is 1. The van der Waals surface area contributed by atoms with Crippen molar-refractivity contribution in [1.82, 2.24) is 4.98 Å². The largest absolute Gasteiger partial charge is 0.380 e. The number of aromatic nitrogens is 1. The van der Waals surface area contributed by atoms with Crippen molar-refractivity contribution in [3.8, 4) is 0 Å². The zero-order valence-electron chi connectivity index (χ0n) is 11.9. The maximum absolute atomic E-state index is 11.3. The highest BCUT2D eigenvalue weighted by molar-refractivity contribution is 5.36. The van der Waals surface area contributed by atoms with Gasteiger partial charge in [0.1, 0.15) is 5.60 Å². The van der Waals surface area contributed by atoms with E-state index in [0.717, 1.165) is 29.9 Å². The molecule has 1 unspecified atom stereocenters. The molecule has 1 aliphatic carbocycles. The summed E-state index contributed by atoms with van der Waals surface area (Å²) in [7, 11) is 0. The van der Waals surface area contributed by atoms with Crippen LogP contribution in [-0.2, 0) is 5.60 Å². The van der Waals surface area contributed by atoms with Gasteiger partial charge in [0.25, 0.3) is 0 Å². The lowest BCUT2D eigenvalue weighted by molar-refractivity contribution is 0.0666. The molecule has 104 valence electrons. The number of aryl methyl sites for hydroxylation is 1. The fraction of sp³-hybridized carbons (Fsp3) is 0.389. The number of nitrogens with zero attached hydrogens (tertiary/aromatic N) is 1. The zero-order valence-corrected chi connectivity index (χ0v) is 11.9. The van der Waals surface area contributed by atoms with Crippen LogP contribution < -0.4 is 0 Å². The fourth-order valence-corrected chi connectivity index (χ4v) is 2.78. The second kappa shape index (κ2) is 5.37. The predicted octanol–water partition coefficient (Wildman–Crippen LogP) is 3.82. The van der Waals surface area contributed by atoms with E-state index < -0.39 is 5.60 Å².